The predicted octanol–water partition coefficient (Wildman–Crippen LogP) is 0.122. The molecule has 0 atom stereocenters. The quantitative estimate of drug-likeness (QED) is 0.766. The molecule has 0 bridgehead atoms. The highest BCUT2D eigenvalue weighted by Crippen LogP contribution is 2.18. The van der Waals surface area contributed by atoms with E-state index in [1.165, 1.54) is 13.0 Å². The Labute approximate surface area is 87.6 Å². The highest BCUT2D eigenvalue weighted by molar-refractivity contribution is 7.92. The Balaban J connectivity index is 3.59. The fraction of sp³-hybridized carbons (Fsp3) is 0.286. The van der Waals surface area contributed by atoms with Gasteiger partial charge in [-0.3, -0.25) is 4.55 Å². The summed E-state index contributed by atoms with van der Waals surface area (Å²) in [6, 6.07) is 2.38. The van der Waals surface area contributed by atoms with Crippen molar-refractivity contribution in [2.24, 2.45) is 0 Å². The van der Waals surface area contributed by atoms with E-state index in [1.54, 1.807) is 0 Å². The van der Waals surface area contributed by atoms with E-state index in [0.29, 0.717) is 0 Å². The van der Waals surface area contributed by atoms with Crippen LogP contribution in [0.15, 0.2) is 28.3 Å². The van der Waals surface area contributed by atoms with Crippen LogP contribution in [0.25, 0.3) is 0 Å². The van der Waals surface area contributed by atoms with Crippen molar-refractivity contribution >= 4 is 20.0 Å². The molecule has 0 aliphatic rings. The van der Waals surface area contributed by atoms with Crippen LogP contribution < -0.4 is 0 Å². The first kappa shape index (κ1) is 12.1. The summed E-state index contributed by atoms with van der Waals surface area (Å²) in [6.07, 6.45) is 1.10. The molecular weight excluding hydrogens is 242 g/mol. The SMILES string of the molecule is CCS(=O)(=O)c1cccnc1S(=O)(=O)O. The van der Waals surface area contributed by atoms with Crippen molar-refractivity contribution in [1.29, 1.82) is 0 Å². The van der Waals surface area contributed by atoms with Gasteiger partial charge < -0.3 is 0 Å². The number of hydrogen-bond donors (Lipinski definition) is 1. The Morgan fingerprint density at radius 3 is 2.40 bits per heavy atom. The summed E-state index contributed by atoms with van der Waals surface area (Å²) in [5.74, 6) is -0.263. The highest BCUT2D eigenvalue weighted by atomic mass is 32.2. The molecule has 0 saturated carbocycles. The van der Waals surface area contributed by atoms with E-state index in [1.807, 2.05) is 0 Å². The average Bonchev–Trinajstić information content (AvgIpc) is 2.16. The molecule has 1 heterocycles. The van der Waals surface area contributed by atoms with E-state index in [2.05, 4.69) is 4.98 Å². The minimum Gasteiger partial charge on any atom is -0.281 e. The van der Waals surface area contributed by atoms with E-state index >= 15 is 0 Å². The van der Waals surface area contributed by atoms with E-state index in [-0.39, 0.29) is 5.75 Å². The van der Waals surface area contributed by atoms with E-state index in [0.717, 1.165) is 12.3 Å². The normalized spacial score (nSPS) is 12.7. The summed E-state index contributed by atoms with van der Waals surface area (Å²) in [5, 5.41) is -0.827. The number of sulfone groups is 1. The van der Waals surface area contributed by atoms with E-state index < -0.39 is 29.9 Å². The molecule has 1 aromatic rings. The highest BCUT2D eigenvalue weighted by Gasteiger charge is 2.24. The maximum absolute atomic E-state index is 11.5. The largest absolute Gasteiger partial charge is 0.313 e. The van der Waals surface area contributed by atoms with Gasteiger partial charge in [0.2, 0.25) is 5.03 Å². The van der Waals surface area contributed by atoms with Crippen LogP contribution in [0, 0.1) is 0 Å². The van der Waals surface area contributed by atoms with Crippen molar-refractivity contribution in [3.05, 3.63) is 18.3 Å². The van der Waals surface area contributed by atoms with Gasteiger partial charge >= 0.3 is 10.1 Å². The molecule has 1 N–H and O–H groups in total. The molecule has 0 aromatic carbocycles. The van der Waals surface area contributed by atoms with Crippen molar-refractivity contribution in [1.82, 2.24) is 4.98 Å². The lowest BCUT2D eigenvalue weighted by Gasteiger charge is -2.04. The summed E-state index contributed by atoms with van der Waals surface area (Å²) < 4.78 is 53.4. The van der Waals surface area contributed by atoms with Gasteiger partial charge in [0.1, 0.15) is 4.90 Å². The summed E-state index contributed by atoms with van der Waals surface area (Å²) >= 11 is 0. The molecule has 0 radical (unpaired) electrons. The molecule has 0 fully saturated rings. The summed E-state index contributed by atoms with van der Waals surface area (Å²) in [5.41, 5.74) is 0. The third kappa shape index (κ3) is 2.52. The molecule has 1 rings (SSSR count). The van der Waals surface area contributed by atoms with Gasteiger partial charge in [0.05, 0.1) is 5.75 Å². The second kappa shape index (κ2) is 3.87. The first-order valence-corrected chi connectivity index (χ1v) is 7.03. The van der Waals surface area contributed by atoms with Gasteiger partial charge in [-0.2, -0.15) is 8.42 Å². The third-order valence-corrected chi connectivity index (χ3v) is 4.40. The van der Waals surface area contributed by atoms with Gasteiger partial charge in [-0.25, -0.2) is 13.4 Å². The maximum Gasteiger partial charge on any atom is 0.313 e. The number of nitrogens with zero attached hydrogens (tertiary/aromatic N) is 1. The zero-order chi connectivity index (χ0) is 11.7. The fourth-order valence-electron chi connectivity index (χ4n) is 0.962. The molecule has 0 amide bonds. The van der Waals surface area contributed by atoms with E-state index in [4.69, 9.17) is 4.55 Å². The van der Waals surface area contributed by atoms with Crippen LogP contribution in [0.1, 0.15) is 6.92 Å². The molecule has 0 saturated heterocycles. The summed E-state index contributed by atoms with van der Waals surface area (Å²) in [6.45, 7) is 1.37. The predicted molar refractivity (Wildman–Crippen MR) is 51.8 cm³/mol. The second-order valence-corrected chi connectivity index (χ2v) is 6.27. The molecule has 6 nitrogen and oxygen atoms in total. The molecule has 84 valence electrons. The summed E-state index contributed by atoms with van der Waals surface area (Å²) in [4.78, 5) is 2.87. The first-order chi connectivity index (χ1) is 6.79. The molecular formula is C7H9NO5S2. The van der Waals surface area contributed by atoms with Gasteiger partial charge in [-0.1, -0.05) is 6.92 Å². The number of hydrogen-bond acceptors (Lipinski definition) is 5. The van der Waals surface area contributed by atoms with Crippen LogP contribution in [-0.4, -0.2) is 32.1 Å². The lowest BCUT2D eigenvalue weighted by Crippen LogP contribution is -2.12. The minimum absolute atomic E-state index is 0.263. The Bertz CT molecular complexity index is 561. The van der Waals surface area contributed by atoms with Crippen molar-refractivity contribution < 1.29 is 21.4 Å². The average molecular weight is 251 g/mol. The van der Waals surface area contributed by atoms with Crippen LogP contribution in [0.3, 0.4) is 0 Å². The van der Waals surface area contributed by atoms with Crippen LogP contribution in [0.5, 0.6) is 0 Å². The number of pyridine rings is 1. The number of rotatable bonds is 3. The maximum atomic E-state index is 11.5. The van der Waals surface area contributed by atoms with Crippen molar-refractivity contribution in [2.45, 2.75) is 16.8 Å². The standard InChI is InChI=1S/C7H9NO5S2/c1-2-14(9,10)6-4-3-5-8-7(6)15(11,12)13/h3-5H,2H2,1H3,(H,11,12,13). The van der Waals surface area contributed by atoms with Gasteiger partial charge in [0.15, 0.2) is 9.84 Å². The minimum atomic E-state index is -4.62. The van der Waals surface area contributed by atoms with Gasteiger partial charge in [0.25, 0.3) is 0 Å². The lowest BCUT2D eigenvalue weighted by molar-refractivity contribution is 0.475. The molecule has 1 aromatic heterocycles. The van der Waals surface area contributed by atoms with Crippen LogP contribution in [0.4, 0.5) is 0 Å². The fourth-order valence-corrected chi connectivity index (χ4v) is 3.09. The monoisotopic (exact) mass is 251 g/mol. The van der Waals surface area contributed by atoms with Crippen LogP contribution in [0.2, 0.25) is 0 Å². The Morgan fingerprint density at radius 1 is 1.33 bits per heavy atom. The van der Waals surface area contributed by atoms with E-state index in [9.17, 15) is 16.8 Å². The Hall–Kier alpha value is -0.990. The van der Waals surface area contributed by atoms with Crippen molar-refractivity contribution in [3.8, 4) is 0 Å². The molecule has 0 unspecified atom stereocenters. The molecule has 8 heteroatoms. The van der Waals surface area contributed by atoms with Crippen LogP contribution >= 0.6 is 0 Å². The molecule has 0 spiro atoms. The third-order valence-electron chi connectivity index (χ3n) is 1.70. The lowest BCUT2D eigenvalue weighted by atomic mass is 10.5. The second-order valence-electron chi connectivity index (χ2n) is 2.69. The van der Waals surface area contributed by atoms with Gasteiger partial charge in [-0.05, 0) is 12.1 Å². The zero-order valence-corrected chi connectivity index (χ0v) is 9.42. The van der Waals surface area contributed by atoms with Gasteiger partial charge in [0, 0.05) is 6.20 Å². The van der Waals surface area contributed by atoms with Crippen molar-refractivity contribution in [3.63, 3.8) is 0 Å². The topological polar surface area (TPSA) is 101 Å². The number of aromatic nitrogens is 1. The summed E-state index contributed by atoms with van der Waals surface area (Å²) in [7, 11) is -8.33. The zero-order valence-electron chi connectivity index (χ0n) is 7.78. The van der Waals surface area contributed by atoms with Crippen molar-refractivity contribution in [2.75, 3.05) is 5.75 Å². The smallest absolute Gasteiger partial charge is 0.281 e. The Morgan fingerprint density at radius 2 is 1.93 bits per heavy atom. The van der Waals surface area contributed by atoms with Gasteiger partial charge in [-0.15, -0.1) is 0 Å². The first-order valence-electron chi connectivity index (χ1n) is 3.94. The molecule has 15 heavy (non-hydrogen) atoms. The molecule has 0 aliphatic heterocycles. The molecule has 0 aliphatic carbocycles. The Kier molecular flexibility index (Phi) is 3.12. The van der Waals surface area contributed by atoms with Crippen LogP contribution in [-0.2, 0) is 20.0 Å².